The molecule has 0 saturated carbocycles. The molecule has 0 saturated heterocycles. The summed E-state index contributed by atoms with van der Waals surface area (Å²) < 4.78 is 0. The Hall–Kier alpha value is 0. The minimum Gasteiger partial charge on any atom is -0.0654 e. The minimum atomic E-state index is 0.875. The van der Waals surface area contributed by atoms with Crippen molar-refractivity contribution in [3.05, 3.63) is 6.92 Å². The van der Waals surface area contributed by atoms with Crippen LogP contribution in [0.2, 0.25) is 0 Å². The molecule has 0 amide bonds. The van der Waals surface area contributed by atoms with Gasteiger partial charge in [0.25, 0.3) is 0 Å². The molecule has 0 nitrogen and oxygen atoms in total. The molecule has 1 unspecified atom stereocenters. The van der Waals surface area contributed by atoms with E-state index in [1.807, 2.05) is 0 Å². The molecule has 0 heteroatoms. The molecule has 0 aromatic heterocycles. The lowest BCUT2D eigenvalue weighted by molar-refractivity contribution is 0.378. The molecule has 0 aromatic rings. The maximum atomic E-state index is 5.65. The van der Waals surface area contributed by atoms with Gasteiger partial charge in [0.15, 0.2) is 0 Å². The van der Waals surface area contributed by atoms with Gasteiger partial charge in [-0.2, -0.15) is 0 Å². The third kappa shape index (κ3) is 14.4. The van der Waals surface area contributed by atoms with Crippen LogP contribution in [0, 0.1) is 12.8 Å². The van der Waals surface area contributed by atoms with Crippen LogP contribution in [0.4, 0.5) is 0 Å². The highest BCUT2D eigenvalue weighted by molar-refractivity contribution is 4.61. The summed E-state index contributed by atoms with van der Waals surface area (Å²) in [4.78, 5) is 0. The van der Waals surface area contributed by atoms with Gasteiger partial charge in [-0.1, -0.05) is 110 Å². The topological polar surface area (TPSA) is 0 Å². The Morgan fingerprint density at radius 3 is 1.55 bits per heavy atom. The van der Waals surface area contributed by atoms with E-state index >= 15 is 0 Å². The van der Waals surface area contributed by atoms with Gasteiger partial charge >= 0.3 is 0 Å². The van der Waals surface area contributed by atoms with Crippen molar-refractivity contribution in [3.63, 3.8) is 0 Å². The van der Waals surface area contributed by atoms with Gasteiger partial charge in [-0.05, 0) is 19.3 Å². The summed E-state index contributed by atoms with van der Waals surface area (Å²) in [5, 5.41) is 0. The third-order valence-corrected chi connectivity index (χ3v) is 4.50. The Labute approximate surface area is 130 Å². The summed E-state index contributed by atoms with van der Waals surface area (Å²) in [7, 11) is 0. The van der Waals surface area contributed by atoms with Gasteiger partial charge in [-0.25, -0.2) is 0 Å². The van der Waals surface area contributed by atoms with E-state index in [1.54, 1.807) is 0 Å². The first-order valence-electron chi connectivity index (χ1n) is 9.55. The van der Waals surface area contributed by atoms with E-state index in [-0.39, 0.29) is 0 Å². The molecule has 20 heavy (non-hydrogen) atoms. The predicted molar refractivity (Wildman–Crippen MR) is 93.0 cm³/mol. The molecule has 0 aromatic carbocycles. The molecule has 0 bridgehead atoms. The van der Waals surface area contributed by atoms with E-state index in [9.17, 15) is 0 Å². The van der Waals surface area contributed by atoms with Gasteiger partial charge in [0.2, 0.25) is 0 Å². The Morgan fingerprint density at radius 2 is 1.00 bits per heavy atom. The van der Waals surface area contributed by atoms with Crippen molar-refractivity contribution in [2.24, 2.45) is 5.92 Å². The fraction of sp³-hybridized carbons (Fsp3) is 0.950. The van der Waals surface area contributed by atoms with Crippen LogP contribution in [0.3, 0.4) is 0 Å². The summed E-state index contributed by atoms with van der Waals surface area (Å²) in [6, 6.07) is 0. The van der Waals surface area contributed by atoms with Gasteiger partial charge in [0.05, 0.1) is 0 Å². The summed E-state index contributed by atoms with van der Waals surface area (Å²) in [5.41, 5.74) is 0. The molecule has 0 aliphatic heterocycles. The van der Waals surface area contributed by atoms with E-state index in [0.29, 0.717) is 0 Å². The van der Waals surface area contributed by atoms with E-state index in [1.165, 1.54) is 96.3 Å². The van der Waals surface area contributed by atoms with Gasteiger partial charge in [-0.15, -0.1) is 0 Å². The number of rotatable bonds is 16. The summed E-state index contributed by atoms with van der Waals surface area (Å²) in [6.07, 6.45) is 22.1. The van der Waals surface area contributed by atoms with Crippen LogP contribution in [0.25, 0.3) is 0 Å². The van der Waals surface area contributed by atoms with Crippen molar-refractivity contribution in [1.82, 2.24) is 0 Å². The Morgan fingerprint density at radius 1 is 0.550 bits per heavy atom. The highest BCUT2D eigenvalue weighted by Crippen LogP contribution is 2.23. The Bertz CT molecular complexity index is 153. The fourth-order valence-corrected chi connectivity index (χ4v) is 3.08. The van der Waals surface area contributed by atoms with Crippen molar-refractivity contribution in [2.75, 3.05) is 0 Å². The second-order valence-corrected chi connectivity index (χ2v) is 6.56. The molecule has 0 N–H and O–H groups in total. The third-order valence-electron chi connectivity index (χ3n) is 4.50. The van der Waals surface area contributed by atoms with Crippen molar-refractivity contribution in [2.45, 2.75) is 117 Å². The van der Waals surface area contributed by atoms with Gasteiger partial charge in [0, 0.05) is 0 Å². The van der Waals surface area contributed by atoms with Crippen LogP contribution in [-0.4, -0.2) is 0 Å². The largest absolute Gasteiger partial charge is 0.0654 e. The van der Waals surface area contributed by atoms with Crippen LogP contribution in [0.15, 0.2) is 0 Å². The van der Waals surface area contributed by atoms with Crippen LogP contribution in [0.5, 0.6) is 0 Å². The molecular weight excluding hydrogens is 240 g/mol. The first-order chi connectivity index (χ1) is 9.85. The van der Waals surface area contributed by atoms with E-state index < -0.39 is 0 Å². The number of hydrogen-bond acceptors (Lipinski definition) is 0. The molecule has 0 heterocycles. The lowest BCUT2D eigenvalue weighted by atomic mass is 9.90. The smallest absolute Gasteiger partial charge is 0.0352 e. The molecule has 120 valence electrons. The van der Waals surface area contributed by atoms with Crippen molar-refractivity contribution in [1.29, 1.82) is 0 Å². The average Bonchev–Trinajstić information content (AvgIpc) is 2.47. The molecule has 0 spiro atoms. The molecule has 2 radical (unpaired) electrons. The number of hydrogen-bond donors (Lipinski definition) is 0. The predicted octanol–water partition coefficient (Wildman–Crippen LogP) is 7.60. The van der Waals surface area contributed by atoms with Crippen molar-refractivity contribution >= 4 is 0 Å². The van der Waals surface area contributed by atoms with Crippen molar-refractivity contribution < 1.29 is 0 Å². The van der Waals surface area contributed by atoms with E-state index in [0.717, 1.165) is 12.3 Å². The van der Waals surface area contributed by atoms with Gasteiger partial charge < -0.3 is 0 Å². The maximum absolute atomic E-state index is 5.65. The zero-order chi connectivity index (χ0) is 14.9. The van der Waals surface area contributed by atoms with Crippen LogP contribution in [0.1, 0.15) is 117 Å². The monoisotopic (exact) mass is 280 g/mol. The quantitative estimate of drug-likeness (QED) is 0.255. The molecule has 0 aliphatic rings. The lowest BCUT2D eigenvalue weighted by Gasteiger charge is -2.16. The van der Waals surface area contributed by atoms with E-state index in [4.69, 9.17) is 6.92 Å². The first kappa shape index (κ1) is 20.0. The van der Waals surface area contributed by atoms with Crippen LogP contribution >= 0.6 is 0 Å². The Kier molecular flexibility index (Phi) is 17.1. The summed E-state index contributed by atoms with van der Waals surface area (Å²) in [6.45, 7) is 10.2. The zero-order valence-electron chi connectivity index (χ0n) is 14.5. The van der Waals surface area contributed by atoms with Crippen molar-refractivity contribution in [3.8, 4) is 0 Å². The Balaban J connectivity index is 3.38. The van der Waals surface area contributed by atoms with Crippen LogP contribution < -0.4 is 0 Å². The number of unbranched alkanes of at least 4 members (excludes halogenated alkanes) is 10. The second kappa shape index (κ2) is 17.1. The minimum absolute atomic E-state index is 0.875. The zero-order valence-corrected chi connectivity index (χ0v) is 14.5. The lowest BCUT2D eigenvalue weighted by Crippen LogP contribution is -2.01. The molecule has 0 rings (SSSR count). The SMILES string of the molecule is [CH]CCCC(CCCC)CCCCCCCCCCC. The summed E-state index contributed by atoms with van der Waals surface area (Å²) >= 11 is 0. The molecule has 1 atom stereocenters. The van der Waals surface area contributed by atoms with Crippen LogP contribution in [-0.2, 0) is 0 Å². The molecule has 0 fully saturated rings. The highest BCUT2D eigenvalue weighted by Gasteiger charge is 2.07. The fourth-order valence-electron chi connectivity index (χ4n) is 3.08. The molecular formula is C20H40. The highest BCUT2D eigenvalue weighted by atomic mass is 14.1. The maximum Gasteiger partial charge on any atom is -0.0352 e. The van der Waals surface area contributed by atoms with Gasteiger partial charge in [-0.3, -0.25) is 0 Å². The average molecular weight is 281 g/mol. The first-order valence-corrected chi connectivity index (χ1v) is 9.55. The van der Waals surface area contributed by atoms with Gasteiger partial charge in [0.1, 0.15) is 0 Å². The second-order valence-electron chi connectivity index (χ2n) is 6.56. The normalized spacial score (nSPS) is 11.4. The van der Waals surface area contributed by atoms with E-state index in [2.05, 4.69) is 13.8 Å². The standard InChI is InChI=1S/C20H40/c1-4-7-10-11-12-13-14-15-16-19-20(17-8-5-2)18-9-6-3/h2,20H,4-19H2,1,3H3. The summed E-state index contributed by atoms with van der Waals surface area (Å²) in [5.74, 6) is 0.961. The molecule has 0 aliphatic carbocycles.